The summed E-state index contributed by atoms with van der Waals surface area (Å²) in [6.07, 6.45) is 1.60. The molecule has 3 N–H and O–H groups in total. The predicted octanol–water partition coefficient (Wildman–Crippen LogP) is 2.48. The van der Waals surface area contributed by atoms with E-state index in [1.54, 1.807) is 6.92 Å². The molecule has 0 bridgehead atoms. The van der Waals surface area contributed by atoms with Gasteiger partial charge >= 0.3 is 5.97 Å². The third-order valence-electron chi connectivity index (χ3n) is 4.60. The molecule has 1 aromatic carbocycles. The second kappa shape index (κ2) is 7.23. The van der Waals surface area contributed by atoms with Crippen LogP contribution in [0, 0.1) is 19.3 Å². The average Bonchev–Trinajstić information content (AvgIpc) is 2.95. The summed E-state index contributed by atoms with van der Waals surface area (Å²) in [6, 6.07) is 1.83. The van der Waals surface area contributed by atoms with Crippen LogP contribution in [0.25, 0.3) is 11.0 Å². The maximum absolute atomic E-state index is 10.9. The Morgan fingerprint density at radius 2 is 2.12 bits per heavy atom. The average molecular weight is 360 g/mol. The largest absolute Gasteiger partial charge is 0.486 e. The van der Waals surface area contributed by atoms with Crippen molar-refractivity contribution < 1.29 is 19.4 Å². The number of carboxylic acids is 1. The van der Waals surface area contributed by atoms with E-state index in [-0.39, 0.29) is 6.10 Å². The summed E-state index contributed by atoms with van der Waals surface area (Å²) in [5.74, 6) is 1.27. The van der Waals surface area contributed by atoms with Gasteiger partial charge in [-0.2, -0.15) is 0 Å². The molecular formula is C18H24N4O4. The molecule has 0 aliphatic carbocycles. The molecule has 0 unspecified atom stereocenters. The minimum absolute atomic E-state index is 0.00125. The number of aliphatic carboxylic acids is 1. The summed E-state index contributed by atoms with van der Waals surface area (Å²) in [5.41, 5.74) is 2.35. The van der Waals surface area contributed by atoms with Crippen LogP contribution in [0.5, 0.6) is 11.5 Å². The molecule has 0 amide bonds. The van der Waals surface area contributed by atoms with Gasteiger partial charge in [0.05, 0.1) is 16.9 Å². The third kappa shape index (κ3) is 3.74. The number of likely N-dealkylation sites (tertiary alicyclic amines) is 1. The number of benzene rings is 1. The number of aryl methyl sites for hydroxylation is 2. The van der Waals surface area contributed by atoms with Gasteiger partial charge in [-0.1, -0.05) is 0 Å². The first-order chi connectivity index (χ1) is 12.3. The van der Waals surface area contributed by atoms with Gasteiger partial charge in [-0.25, -0.2) is 9.78 Å². The number of carboxylic acid groups (broad SMARTS) is 1. The number of nitrogens with zero attached hydrogens (tertiary/aromatic N) is 2. The Morgan fingerprint density at radius 1 is 1.42 bits per heavy atom. The predicted molar refractivity (Wildman–Crippen MR) is 97.3 cm³/mol. The quantitative estimate of drug-likeness (QED) is 0.558. The Hall–Kier alpha value is -2.77. The molecule has 0 atom stereocenters. The van der Waals surface area contributed by atoms with E-state index in [2.05, 4.69) is 9.97 Å². The van der Waals surface area contributed by atoms with Crippen molar-refractivity contribution in [2.24, 2.45) is 0 Å². The molecule has 1 saturated heterocycles. The number of imidazole rings is 1. The van der Waals surface area contributed by atoms with Crippen LogP contribution in [-0.2, 0) is 4.79 Å². The SMILES string of the molecule is CC(=N)N1CCC(Oc2cc3[nH]c(C)nc3c(C)c2OCC(=O)O)CC1. The molecule has 0 saturated carbocycles. The van der Waals surface area contributed by atoms with Gasteiger partial charge in [0.1, 0.15) is 11.9 Å². The van der Waals surface area contributed by atoms with Gasteiger partial charge < -0.3 is 24.5 Å². The number of ether oxygens (including phenoxy) is 2. The summed E-state index contributed by atoms with van der Waals surface area (Å²) < 4.78 is 11.7. The maximum atomic E-state index is 10.9. The number of piperidine rings is 1. The summed E-state index contributed by atoms with van der Waals surface area (Å²) >= 11 is 0. The van der Waals surface area contributed by atoms with Crippen LogP contribution in [-0.4, -0.2) is 57.6 Å². The molecule has 2 heterocycles. The number of fused-ring (bicyclic) bond motifs is 1. The number of aromatic nitrogens is 2. The fraction of sp³-hybridized carbons (Fsp3) is 0.500. The van der Waals surface area contributed by atoms with Crippen molar-refractivity contribution in [3.63, 3.8) is 0 Å². The van der Waals surface area contributed by atoms with Crippen molar-refractivity contribution in [2.75, 3.05) is 19.7 Å². The van der Waals surface area contributed by atoms with Crippen molar-refractivity contribution in [3.8, 4) is 11.5 Å². The highest BCUT2D eigenvalue weighted by Crippen LogP contribution is 2.37. The van der Waals surface area contributed by atoms with Gasteiger partial charge in [-0.15, -0.1) is 0 Å². The Bertz CT molecular complexity index is 837. The van der Waals surface area contributed by atoms with E-state index >= 15 is 0 Å². The van der Waals surface area contributed by atoms with Gasteiger partial charge in [0.25, 0.3) is 0 Å². The van der Waals surface area contributed by atoms with Crippen LogP contribution in [0.3, 0.4) is 0 Å². The lowest BCUT2D eigenvalue weighted by Gasteiger charge is -2.33. The lowest BCUT2D eigenvalue weighted by atomic mass is 10.1. The Morgan fingerprint density at radius 3 is 2.73 bits per heavy atom. The van der Waals surface area contributed by atoms with Crippen LogP contribution >= 0.6 is 0 Å². The molecule has 0 radical (unpaired) electrons. The molecule has 2 aromatic rings. The number of H-pyrrole nitrogens is 1. The van der Waals surface area contributed by atoms with Gasteiger partial charge in [0.2, 0.25) is 0 Å². The highest BCUT2D eigenvalue weighted by atomic mass is 16.5. The molecule has 1 aliphatic rings. The number of hydrogen-bond acceptors (Lipinski definition) is 5. The van der Waals surface area contributed by atoms with Gasteiger partial charge in [0.15, 0.2) is 18.1 Å². The van der Waals surface area contributed by atoms with E-state index in [1.165, 1.54) is 0 Å². The number of nitrogens with one attached hydrogen (secondary N) is 2. The highest BCUT2D eigenvalue weighted by Gasteiger charge is 2.24. The molecular weight excluding hydrogens is 336 g/mol. The van der Waals surface area contributed by atoms with E-state index in [0.29, 0.717) is 17.3 Å². The molecule has 8 heteroatoms. The zero-order valence-electron chi connectivity index (χ0n) is 15.3. The molecule has 26 heavy (non-hydrogen) atoms. The Balaban J connectivity index is 1.86. The standard InChI is InChI=1S/C18H24N4O4/c1-10-17-14(20-12(3)21-17)8-15(18(10)25-9-16(23)24)26-13-4-6-22(7-5-13)11(2)19/h8,13,19H,4-7,9H2,1-3H3,(H,20,21)(H,23,24). The zero-order chi connectivity index (χ0) is 18.8. The minimum Gasteiger partial charge on any atom is -0.486 e. The van der Waals surface area contributed by atoms with E-state index in [9.17, 15) is 4.79 Å². The van der Waals surface area contributed by atoms with Crippen LogP contribution < -0.4 is 9.47 Å². The fourth-order valence-electron chi connectivity index (χ4n) is 3.28. The molecule has 8 nitrogen and oxygen atoms in total. The molecule has 3 rings (SSSR count). The topological polar surface area (TPSA) is 112 Å². The van der Waals surface area contributed by atoms with Crippen LogP contribution in [0.4, 0.5) is 0 Å². The smallest absolute Gasteiger partial charge is 0.341 e. The minimum atomic E-state index is -1.04. The number of hydrogen-bond donors (Lipinski definition) is 3. The van der Waals surface area contributed by atoms with Crippen molar-refractivity contribution in [2.45, 2.75) is 39.7 Å². The second-order valence-electron chi connectivity index (χ2n) is 6.62. The van der Waals surface area contributed by atoms with Gasteiger partial charge in [-0.3, -0.25) is 5.41 Å². The molecule has 0 spiro atoms. The first-order valence-corrected chi connectivity index (χ1v) is 8.66. The monoisotopic (exact) mass is 360 g/mol. The molecule has 1 aromatic heterocycles. The zero-order valence-corrected chi connectivity index (χ0v) is 15.3. The van der Waals surface area contributed by atoms with Crippen molar-refractivity contribution in [1.29, 1.82) is 5.41 Å². The van der Waals surface area contributed by atoms with Gasteiger partial charge in [-0.05, 0) is 20.8 Å². The van der Waals surface area contributed by atoms with Crippen molar-refractivity contribution >= 4 is 22.8 Å². The lowest BCUT2D eigenvalue weighted by Crippen LogP contribution is -2.40. The summed E-state index contributed by atoms with van der Waals surface area (Å²) in [5, 5.41) is 16.7. The number of rotatable bonds is 5. The number of amidine groups is 1. The number of carbonyl (C=O) groups is 1. The molecule has 140 valence electrons. The normalized spacial score (nSPS) is 15.3. The Labute approximate surface area is 151 Å². The van der Waals surface area contributed by atoms with Crippen LogP contribution in [0.2, 0.25) is 0 Å². The summed E-state index contributed by atoms with van der Waals surface area (Å²) in [4.78, 5) is 20.6. The van der Waals surface area contributed by atoms with Crippen molar-refractivity contribution in [1.82, 2.24) is 14.9 Å². The lowest BCUT2D eigenvalue weighted by molar-refractivity contribution is -0.139. The molecule has 1 fully saturated rings. The summed E-state index contributed by atoms with van der Waals surface area (Å²) in [7, 11) is 0. The maximum Gasteiger partial charge on any atom is 0.341 e. The first kappa shape index (κ1) is 18.0. The van der Waals surface area contributed by atoms with E-state index < -0.39 is 12.6 Å². The molecule has 1 aliphatic heterocycles. The van der Waals surface area contributed by atoms with Gasteiger partial charge in [0, 0.05) is 37.6 Å². The van der Waals surface area contributed by atoms with Crippen molar-refractivity contribution in [3.05, 3.63) is 17.5 Å². The highest BCUT2D eigenvalue weighted by molar-refractivity contribution is 5.84. The fourth-order valence-corrected chi connectivity index (χ4v) is 3.28. The van der Waals surface area contributed by atoms with E-state index in [1.807, 2.05) is 24.8 Å². The first-order valence-electron chi connectivity index (χ1n) is 8.66. The summed E-state index contributed by atoms with van der Waals surface area (Å²) in [6.45, 7) is 6.63. The van der Waals surface area contributed by atoms with E-state index in [4.69, 9.17) is 20.0 Å². The van der Waals surface area contributed by atoms with Crippen LogP contribution in [0.15, 0.2) is 6.07 Å². The Kier molecular flexibility index (Phi) is 5.01. The third-order valence-corrected chi connectivity index (χ3v) is 4.60. The second-order valence-corrected chi connectivity index (χ2v) is 6.62. The van der Waals surface area contributed by atoms with Crippen LogP contribution in [0.1, 0.15) is 31.2 Å². The van der Waals surface area contributed by atoms with E-state index in [0.717, 1.165) is 48.4 Å². The number of aromatic amines is 1.